The molecule has 0 fully saturated rings. The van der Waals surface area contributed by atoms with Crippen LogP contribution in [-0.2, 0) is 11.2 Å². The van der Waals surface area contributed by atoms with Crippen molar-refractivity contribution in [2.75, 3.05) is 6.54 Å². The van der Waals surface area contributed by atoms with Gasteiger partial charge in [-0.15, -0.1) is 0 Å². The Morgan fingerprint density at radius 1 is 1.31 bits per heavy atom. The van der Waals surface area contributed by atoms with Crippen LogP contribution in [0.15, 0.2) is 30.3 Å². The van der Waals surface area contributed by atoms with E-state index in [-0.39, 0.29) is 11.9 Å². The molecule has 3 nitrogen and oxygen atoms in total. The van der Waals surface area contributed by atoms with Crippen molar-refractivity contribution in [3.8, 4) is 0 Å². The van der Waals surface area contributed by atoms with Gasteiger partial charge < -0.3 is 10.6 Å². The summed E-state index contributed by atoms with van der Waals surface area (Å²) in [5.74, 6) is 0.0620. The van der Waals surface area contributed by atoms with E-state index in [1.807, 2.05) is 17.0 Å². The molecule has 1 aromatic carbocycles. The number of fused-ring (bicyclic) bond motifs is 3. The minimum atomic E-state index is -0.353. The first-order chi connectivity index (χ1) is 7.77. The number of rotatable bonds is 0. The molecule has 1 atom stereocenters. The topological polar surface area (TPSA) is 46.3 Å². The van der Waals surface area contributed by atoms with Crippen molar-refractivity contribution < 1.29 is 4.79 Å². The molecular formula is C13H14N2O. The highest BCUT2D eigenvalue weighted by Gasteiger charge is 2.31. The van der Waals surface area contributed by atoms with Gasteiger partial charge in [0.2, 0.25) is 5.91 Å². The lowest BCUT2D eigenvalue weighted by Crippen LogP contribution is -2.47. The largest absolute Gasteiger partial charge is 0.320 e. The van der Waals surface area contributed by atoms with Crippen molar-refractivity contribution in [1.82, 2.24) is 4.90 Å². The highest BCUT2D eigenvalue weighted by molar-refractivity contribution is 5.93. The molecule has 0 aromatic heterocycles. The maximum atomic E-state index is 11.9. The molecule has 82 valence electrons. The summed E-state index contributed by atoms with van der Waals surface area (Å²) in [4.78, 5) is 13.8. The molecule has 2 aliphatic heterocycles. The second-order valence-electron chi connectivity index (χ2n) is 4.33. The van der Waals surface area contributed by atoms with Gasteiger partial charge in [-0.3, -0.25) is 4.79 Å². The number of carbonyl (C=O) groups is 1. The van der Waals surface area contributed by atoms with Gasteiger partial charge in [-0.2, -0.15) is 0 Å². The molecular weight excluding hydrogens is 200 g/mol. The molecule has 3 rings (SSSR count). The predicted molar refractivity (Wildman–Crippen MR) is 62.4 cm³/mol. The zero-order valence-electron chi connectivity index (χ0n) is 9.02. The van der Waals surface area contributed by atoms with Crippen LogP contribution in [0, 0.1) is 0 Å². The van der Waals surface area contributed by atoms with Crippen LogP contribution in [0.3, 0.4) is 0 Å². The minimum absolute atomic E-state index is 0.0620. The zero-order chi connectivity index (χ0) is 11.1. The maximum Gasteiger partial charge on any atom is 0.244 e. The third-order valence-corrected chi connectivity index (χ3v) is 3.34. The quantitative estimate of drug-likeness (QED) is 0.704. The second-order valence-corrected chi connectivity index (χ2v) is 4.33. The Labute approximate surface area is 94.5 Å². The number of benzene rings is 1. The fraction of sp³-hybridized carbons (Fsp3) is 0.308. The van der Waals surface area contributed by atoms with Crippen molar-refractivity contribution in [1.29, 1.82) is 0 Å². The minimum Gasteiger partial charge on any atom is -0.320 e. The molecule has 0 radical (unpaired) electrons. The molecule has 0 saturated heterocycles. The van der Waals surface area contributed by atoms with Crippen LogP contribution in [0.2, 0.25) is 0 Å². The Hall–Kier alpha value is -1.61. The maximum absolute atomic E-state index is 11.9. The van der Waals surface area contributed by atoms with E-state index in [0.717, 1.165) is 18.7 Å². The zero-order valence-corrected chi connectivity index (χ0v) is 9.02. The molecule has 0 spiro atoms. The number of nitrogens with zero attached hydrogens (tertiary/aromatic N) is 1. The number of hydrogen-bond acceptors (Lipinski definition) is 2. The fourth-order valence-electron chi connectivity index (χ4n) is 2.47. The number of nitrogens with two attached hydrogens (primary N) is 1. The van der Waals surface area contributed by atoms with Crippen LogP contribution in [0.25, 0.3) is 5.70 Å². The smallest absolute Gasteiger partial charge is 0.244 e. The lowest BCUT2D eigenvalue weighted by atomic mass is 9.92. The third-order valence-electron chi connectivity index (χ3n) is 3.34. The Kier molecular flexibility index (Phi) is 2.07. The summed E-state index contributed by atoms with van der Waals surface area (Å²) in [5.41, 5.74) is 9.33. The lowest BCUT2D eigenvalue weighted by Gasteiger charge is -2.36. The van der Waals surface area contributed by atoms with Gasteiger partial charge in [0.15, 0.2) is 0 Å². The average molecular weight is 214 g/mol. The van der Waals surface area contributed by atoms with E-state index in [1.165, 1.54) is 11.1 Å². The van der Waals surface area contributed by atoms with Crippen LogP contribution in [-0.4, -0.2) is 23.4 Å². The van der Waals surface area contributed by atoms with Crippen molar-refractivity contribution in [2.45, 2.75) is 18.9 Å². The van der Waals surface area contributed by atoms with Crippen molar-refractivity contribution >= 4 is 11.6 Å². The SMILES string of the molecule is NC1CC=C2c3ccccc3CCN2C1=O. The van der Waals surface area contributed by atoms with Crippen molar-refractivity contribution in [2.24, 2.45) is 5.73 Å². The standard InChI is InChI=1S/C13H14N2O/c14-11-5-6-12-10-4-2-1-3-9(10)7-8-15(12)13(11)16/h1-4,6,11H,5,7-8,14H2. The summed E-state index contributed by atoms with van der Waals surface area (Å²) in [6, 6.07) is 7.92. The fourth-order valence-corrected chi connectivity index (χ4v) is 2.47. The summed E-state index contributed by atoms with van der Waals surface area (Å²) < 4.78 is 0. The summed E-state index contributed by atoms with van der Waals surface area (Å²) in [5, 5.41) is 0. The molecule has 0 saturated carbocycles. The highest BCUT2D eigenvalue weighted by atomic mass is 16.2. The molecule has 2 aliphatic rings. The number of hydrogen-bond donors (Lipinski definition) is 1. The van der Waals surface area contributed by atoms with Crippen molar-refractivity contribution in [3.05, 3.63) is 41.5 Å². The van der Waals surface area contributed by atoms with Gasteiger partial charge in [0.1, 0.15) is 0 Å². The Bertz CT molecular complexity index is 479. The van der Waals surface area contributed by atoms with Crippen LogP contribution in [0.1, 0.15) is 17.5 Å². The predicted octanol–water partition coefficient (Wildman–Crippen LogP) is 1.14. The summed E-state index contributed by atoms with van der Waals surface area (Å²) >= 11 is 0. The molecule has 1 aromatic rings. The van der Waals surface area contributed by atoms with Crippen LogP contribution in [0.4, 0.5) is 0 Å². The second kappa shape index (κ2) is 3.46. The number of carbonyl (C=O) groups excluding carboxylic acids is 1. The molecule has 2 N–H and O–H groups in total. The van der Waals surface area contributed by atoms with Gasteiger partial charge in [0, 0.05) is 17.8 Å². The third kappa shape index (κ3) is 1.28. The molecule has 1 amide bonds. The van der Waals surface area contributed by atoms with E-state index in [9.17, 15) is 4.79 Å². The molecule has 0 aliphatic carbocycles. The molecule has 2 heterocycles. The van der Waals surface area contributed by atoms with E-state index >= 15 is 0 Å². The monoisotopic (exact) mass is 214 g/mol. The van der Waals surface area contributed by atoms with E-state index < -0.39 is 0 Å². The summed E-state index contributed by atoms with van der Waals surface area (Å²) in [6.07, 6.45) is 3.66. The van der Waals surface area contributed by atoms with Gasteiger partial charge in [-0.25, -0.2) is 0 Å². The van der Waals surface area contributed by atoms with E-state index in [1.54, 1.807) is 0 Å². The molecule has 16 heavy (non-hydrogen) atoms. The first-order valence-corrected chi connectivity index (χ1v) is 5.63. The van der Waals surface area contributed by atoms with Gasteiger partial charge in [0.25, 0.3) is 0 Å². The van der Waals surface area contributed by atoms with Gasteiger partial charge in [0.05, 0.1) is 6.04 Å². The van der Waals surface area contributed by atoms with Crippen LogP contribution in [0.5, 0.6) is 0 Å². The lowest BCUT2D eigenvalue weighted by molar-refractivity contribution is -0.129. The van der Waals surface area contributed by atoms with E-state index in [4.69, 9.17) is 5.73 Å². The summed E-state index contributed by atoms with van der Waals surface area (Å²) in [6.45, 7) is 0.759. The van der Waals surface area contributed by atoms with Gasteiger partial charge in [-0.1, -0.05) is 30.3 Å². The summed E-state index contributed by atoms with van der Waals surface area (Å²) in [7, 11) is 0. The Balaban J connectivity index is 2.10. The first-order valence-electron chi connectivity index (χ1n) is 5.63. The Morgan fingerprint density at radius 3 is 3.00 bits per heavy atom. The van der Waals surface area contributed by atoms with Crippen molar-refractivity contribution in [3.63, 3.8) is 0 Å². The van der Waals surface area contributed by atoms with Gasteiger partial charge >= 0.3 is 0 Å². The van der Waals surface area contributed by atoms with E-state index in [0.29, 0.717) is 6.42 Å². The first kappa shape index (κ1) is 9.60. The molecule has 0 bridgehead atoms. The normalized spacial score (nSPS) is 23.6. The average Bonchev–Trinajstić information content (AvgIpc) is 2.33. The van der Waals surface area contributed by atoms with Gasteiger partial charge in [-0.05, 0) is 18.4 Å². The highest BCUT2D eigenvalue weighted by Crippen LogP contribution is 2.31. The van der Waals surface area contributed by atoms with Crippen LogP contribution >= 0.6 is 0 Å². The van der Waals surface area contributed by atoms with Crippen LogP contribution < -0.4 is 5.73 Å². The molecule has 3 heteroatoms. The molecule has 1 unspecified atom stereocenters. The van der Waals surface area contributed by atoms with E-state index in [2.05, 4.69) is 18.2 Å². The number of amides is 1. The Morgan fingerprint density at radius 2 is 2.12 bits per heavy atom.